The maximum Gasteiger partial charge on any atom is 0.0921 e. The first-order chi connectivity index (χ1) is 12.8. The summed E-state index contributed by atoms with van der Waals surface area (Å²) in [6.07, 6.45) is 11.7. The number of aryl methyl sites for hydroxylation is 1. The second kappa shape index (κ2) is 11.9. The number of hydrogen-bond acceptors (Lipinski definition) is 1. The van der Waals surface area contributed by atoms with Crippen molar-refractivity contribution < 1.29 is 0 Å². The van der Waals surface area contributed by atoms with E-state index in [1.54, 1.807) is 6.33 Å². The van der Waals surface area contributed by atoms with Crippen LogP contribution in [-0.4, -0.2) is 17.8 Å². The molecule has 2 aromatic carbocycles. The maximum absolute atomic E-state index is 5.52. The highest BCUT2D eigenvalue weighted by molar-refractivity contribution is 6.08. The molecule has 0 aliphatic rings. The van der Waals surface area contributed by atoms with E-state index in [0.29, 0.717) is 5.92 Å². The summed E-state index contributed by atoms with van der Waals surface area (Å²) in [5, 5.41) is 0. The fraction of sp³-hybridized carbons (Fsp3) is 0.261. The summed E-state index contributed by atoms with van der Waals surface area (Å²) in [6, 6.07) is 21.4. The first-order valence-corrected chi connectivity index (χ1v) is 9.27. The van der Waals surface area contributed by atoms with Gasteiger partial charge in [-0.3, -0.25) is 0 Å². The van der Waals surface area contributed by atoms with E-state index in [0.717, 1.165) is 25.6 Å². The average Bonchev–Trinajstić information content (AvgIpc) is 3.24. The first-order valence-electron chi connectivity index (χ1n) is 9.27. The Morgan fingerprint density at radius 1 is 0.962 bits per heavy atom. The average molecular weight is 342 g/mol. The minimum atomic E-state index is 0.427. The Morgan fingerprint density at radius 3 is 2.00 bits per heavy atom. The van der Waals surface area contributed by atoms with Crippen LogP contribution < -0.4 is 0 Å². The van der Waals surface area contributed by atoms with Crippen LogP contribution in [0.1, 0.15) is 42.5 Å². The molecule has 0 bridgehead atoms. The second-order valence-corrected chi connectivity index (χ2v) is 6.09. The van der Waals surface area contributed by atoms with Crippen LogP contribution in [0.3, 0.4) is 0 Å². The van der Waals surface area contributed by atoms with Gasteiger partial charge in [0, 0.05) is 17.8 Å². The minimum absolute atomic E-state index is 0.427. The number of aromatic nitrogens is 2. The Morgan fingerprint density at radius 2 is 1.58 bits per heavy atom. The third kappa shape index (κ3) is 6.75. The van der Waals surface area contributed by atoms with E-state index < -0.39 is 0 Å². The smallest absolute Gasteiger partial charge is 0.0921 e. The van der Waals surface area contributed by atoms with Crippen molar-refractivity contribution in [1.29, 1.82) is 0 Å². The highest BCUT2D eigenvalue weighted by Crippen LogP contribution is 2.28. The minimum Gasteiger partial charge on any atom is -0.349 e. The van der Waals surface area contributed by atoms with Crippen LogP contribution in [-0.2, 0) is 6.42 Å². The van der Waals surface area contributed by atoms with E-state index in [4.69, 9.17) is 7.85 Å². The molecular formula is C23H27BN2. The third-order valence-electron chi connectivity index (χ3n) is 4.21. The number of nitrogens with one attached hydrogen (secondary N) is 1. The lowest BCUT2D eigenvalue weighted by molar-refractivity contribution is 0.827. The Kier molecular flexibility index (Phi) is 9.06. The van der Waals surface area contributed by atoms with Gasteiger partial charge in [0.05, 0.1) is 14.2 Å². The van der Waals surface area contributed by atoms with Crippen molar-refractivity contribution in [2.45, 2.75) is 38.4 Å². The topological polar surface area (TPSA) is 28.7 Å². The number of allylic oxidation sites excluding steroid dienone is 2. The van der Waals surface area contributed by atoms with Gasteiger partial charge in [0.1, 0.15) is 0 Å². The fourth-order valence-corrected chi connectivity index (χ4v) is 2.76. The molecule has 132 valence electrons. The molecule has 0 aliphatic heterocycles. The SMILES string of the molecule is CCc1cnc[nH]1.[B]CCC=CCC(c1ccccc1)c1ccccc1. The number of aromatic amines is 1. The highest BCUT2D eigenvalue weighted by atomic mass is 14.8. The van der Waals surface area contributed by atoms with E-state index in [1.165, 1.54) is 16.8 Å². The van der Waals surface area contributed by atoms with E-state index in [9.17, 15) is 0 Å². The molecule has 1 N–H and O–H groups in total. The molecule has 0 fully saturated rings. The van der Waals surface area contributed by atoms with E-state index >= 15 is 0 Å². The van der Waals surface area contributed by atoms with E-state index in [1.807, 2.05) is 6.20 Å². The van der Waals surface area contributed by atoms with Crippen LogP contribution in [0.5, 0.6) is 0 Å². The van der Waals surface area contributed by atoms with Crippen LogP contribution in [0.4, 0.5) is 0 Å². The van der Waals surface area contributed by atoms with Crippen molar-refractivity contribution in [3.63, 3.8) is 0 Å². The van der Waals surface area contributed by atoms with Gasteiger partial charge in [-0.2, -0.15) is 0 Å². The lowest BCUT2D eigenvalue weighted by Gasteiger charge is -2.16. The number of H-pyrrole nitrogens is 1. The quantitative estimate of drug-likeness (QED) is 0.432. The summed E-state index contributed by atoms with van der Waals surface area (Å²) in [5.41, 5.74) is 3.93. The number of benzene rings is 2. The normalized spacial score (nSPS) is 10.7. The van der Waals surface area contributed by atoms with Gasteiger partial charge < -0.3 is 4.98 Å². The molecule has 0 amide bonds. The molecule has 0 aliphatic carbocycles. The second-order valence-electron chi connectivity index (χ2n) is 6.09. The molecule has 2 nitrogen and oxygen atoms in total. The maximum atomic E-state index is 5.52. The zero-order valence-corrected chi connectivity index (χ0v) is 15.5. The summed E-state index contributed by atoms with van der Waals surface area (Å²) >= 11 is 0. The largest absolute Gasteiger partial charge is 0.349 e. The molecule has 1 aromatic heterocycles. The molecule has 1 heterocycles. The van der Waals surface area contributed by atoms with Crippen molar-refractivity contribution in [2.75, 3.05) is 0 Å². The zero-order valence-electron chi connectivity index (χ0n) is 15.5. The summed E-state index contributed by atoms with van der Waals surface area (Å²) in [7, 11) is 5.52. The van der Waals surface area contributed by atoms with Gasteiger partial charge in [0.15, 0.2) is 0 Å². The van der Waals surface area contributed by atoms with Gasteiger partial charge in [-0.15, -0.1) is 0 Å². The van der Waals surface area contributed by atoms with Crippen LogP contribution in [0, 0.1) is 0 Å². The van der Waals surface area contributed by atoms with Crippen LogP contribution in [0.15, 0.2) is 85.3 Å². The number of imidazole rings is 1. The molecule has 0 spiro atoms. The van der Waals surface area contributed by atoms with Crippen LogP contribution in [0.2, 0.25) is 6.32 Å². The van der Waals surface area contributed by atoms with Crippen molar-refractivity contribution in [3.05, 3.63) is 102 Å². The molecule has 26 heavy (non-hydrogen) atoms. The fourth-order valence-electron chi connectivity index (χ4n) is 2.76. The van der Waals surface area contributed by atoms with E-state index in [-0.39, 0.29) is 0 Å². The highest BCUT2D eigenvalue weighted by Gasteiger charge is 2.11. The van der Waals surface area contributed by atoms with Crippen molar-refractivity contribution in [3.8, 4) is 0 Å². The summed E-state index contributed by atoms with van der Waals surface area (Å²) in [6.45, 7) is 2.09. The summed E-state index contributed by atoms with van der Waals surface area (Å²) < 4.78 is 0. The predicted octanol–water partition coefficient (Wildman–Crippen LogP) is 5.71. The van der Waals surface area contributed by atoms with Crippen molar-refractivity contribution in [1.82, 2.24) is 9.97 Å². The molecule has 0 saturated heterocycles. The van der Waals surface area contributed by atoms with Gasteiger partial charge in [0.25, 0.3) is 0 Å². The first kappa shape index (κ1) is 19.8. The van der Waals surface area contributed by atoms with Crippen LogP contribution >= 0.6 is 0 Å². The van der Waals surface area contributed by atoms with Gasteiger partial charge in [-0.1, -0.05) is 86.1 Å². The monoisotopic (exact) mass is 342 g/mol. The van der Waals surface area contributed by atoms with Crippen molar-refractivity contribution in [2.24, 2.45) is 0 Å². The van der Waals surface area contributed by atoms with Gasteiger partial charge >= 0.3 is 0 Å². The molecule has 0 saturated carbocycles. The Labute approximate surface area is 158 Å². The van der Waals surface area contributed by atoms with E-state index in [2.05, 4.69) is 89.7 Å². The van der Waals surface area contributed by atoms with Crippen LogP contribution in [0.25, 0.3) is 0 Å². The molecule has 2 radical (unpaired) electrons. The number of hydrogen-bond donors (Lipinski definition) is 1. The molecule has 3 heteroatoms. The Bertz CT molecular complexity index is 682. The zero-order chi connectivity index (χ0) is 18.5. The van der Waals surface area contributed by atoms with Gasteiger partial charge in [0.2, 0.25) is 0 Å². The Hall–Kier alpha value is -2.55. The lowest BCUT2D eigenvalue weighted by Crippen LogP contribution is -1.99. The van der Waals surface area contributed by atoms with Gasteiger partial charge in [-0.25, -0.2) is 4.98 Å². The molecular weight excluding hydrogens is 315 g/mol. The molecule has 0 atom stereocenters. The Balaban J connectivity index is 0.000000290. The number of nitrogens with zero attached hydrogens (tertiary/aromatic N) is 1. The lowest BCUT2D eigenvalue weighted by atomic mass is 9.88. The number of rotatable bonds is 7. The summed E-state index contributed by atoms with van der Waals surface area (Å²) in [5.74, 6) is 0.427. The predicted molar refractivity (Wildman–Crippen MR) is 112 cm³/mol. The summed E-state index contributed by atoms with van der Waals surface area (Å²) in [4.78, 5) is 6.81. The molecule has 0 unspecified atom stereocenters. The molecule has 3 rings (SSSR count). The van der Waals surface area contributed by atoms with Crippen molar-refractivity contribution >= 4 is 7.85 Å². The van der Waals surface area contributed by atoms with Gasteiger partial charge in [-0.05, 0) is 30.4 Å². The standard InChI is InChI=1S/C18H19B.C5H8N2/c19-15-9-3-8-14-18(16-10-4-1-5-11-16)17-12-6-2-7-13-17;1-2-5-3-6-4-7-5/h1-8,10-13,18H,9,14-15H2;3-4H,2H2,1H3,(H,6,7). The third-order valence-corrected chi connectivity index (χ3v) is 4.21. The molecule has 3 aromatic rings.